The second kappa shape index (κ2) is 4.91. The number of aromatic amines is 1. The minimum Gasteiger partial charge on any atom is -1.00 e. The predicted molar refractivity (Wildman–Crippen MR) is 38.9 cm³/mol. The molecule has 1 aromatic heterocycles. The van der Waals surface area contributed by atoms with Crippen LogP contribution >= 0.6 is 11.3 Å². The first-order chi connectivity index (χ1) is 5.22. The van der Waals surface area contributed by atoms with E-state index in [9.17, 15) is 4.79 Å². The van der Waals surface area contributed by atoms with E-state index < -0.39 is 5.91 Å². The second-order valence-electron chi connectivity index (χ2n) is 1.96. The zero-order valence-electron chi connectivity index (χ0n) is 6.00. The first-order valence-corrected chi connectivity index (χ1v) is 3.78. The monoisotopic (exact) mass is 209 g/mol. The first-order valence-electron chi connectivity index (χ1n) is 2.90. The largest absolute Gasteiger partial charge is 1.00 e. The lowest BCUT2D eigenvalue weighted by molar-refractivity contribution is -0.365. The Balaban J connectivity index is 0.00000121. The third kappa shape index (κ3) is 3.04. The highest BCUT2D eigenvalue weighted by Crippen LogP contribution is 2.05. The topological polar surface area (TPSA) is 89.5 Å². The average molecular weight is 210 g/mol. The van der Waals surface area contributed by atoms with Crippen molar-refractivity contribution in [1.29, 1.82) is 0 Å². The maximum absolute atomic E-state index is 10.6. The highest BCUT2D eigenvalue weighted by molar-refractivity contribution is 7.13. The average Bonchev–Trinajstić information content (AvgIpc) is 2.35. The Kier molecular flexibility index (Phi) is 4.57. The van der Waals surface area contributed by atoms with Gasteiger partial charge in [-0.15, -0.1) is 0 Å². The van der Waals surface area contributed by atoms with E-state index in [2.05, 4.69) is 4.98 Å². The summed E-state index contributed by atoms with van der Waals surface area (Å²) >= 11 is 1.32. The highest BCUT2D eigenvalue weighted by Gasteiger charge is 2.07. The number of anilines is 1. The first kappa shape index (κ1) is 11.2. The molecular weight excluding hydrogens is 202 g/mol. The van der Waals surface area contributed by atoms with Gasteiger partial charge in [-0.3, -0.25) is 15.7 Å². The SMILES string of the molecule is Nc1[nH+]c(CC(=O)NO)cs1.[Cl-]. The fraction of sp³-hybridized carbons (Fsp3) is 0.200. The number of nitrogen functional groups attached to an aromatic ring is 1. The number of carbonyl (C=O) groups excluding carboxylic acids is 1. The summed E-state index contributed by atoms with van der Waals surface area (Å²) in [6.45, 7) is 0. The molecule has 0 aromatic carbocycles. The van der Waals surface area contributed by atoms with E-state index in [1.165, 1.54) is 16.8 Å². The Morgan fingerprint density at radius 2 is 2.50 bits per heavy atom. The Labute approximate surface area is 79.0 Å². The van der Waals surface area contributed by atoms with E-state index in [-0.39, 0.29) is 18.8 Å². The molecule has 0 aliphatic carbocycles. The molecule has 7 heteroatoms. The number of aromatic nitrogens is 1. The van der Waals surface area contributed by atoms with E-state index in [1.807, 2.05) is 0 Å². The number of H-pyrrole nitrogens is 1. The quantitative estimate of drug-likeness (QED) is 0.345. The van der Waals surface area contributed by atoms with Crippen LogP contribution in [-0.4, -0.2) is 11.1 Å². The summed E-state index contributed by atoms with van der Waals surface area (Å²) in [7, 11) is 0. The molecule has 1 amide bonds. The molecule has 0 aliphatic rings. The fourth-order valence-corrected chi connectivity index (χ4v) is 1.25. The van der Waals surface area contributed by atoms with Gasteiger partial charge in [-0.2, -0.15) is 0 Å². The summed E-state index contributed by atoms with van der Waals surface area (Å²) in [5.41, 5.74) is 7.59. The number of nitrogens with two attached hydrogens (primary N) is 1. The van der Waals surface area contributed by atoms with Crippen molar-refractivity contribution >= 4 is 22.4 Å². The Morgan fingerprint density at radius 3 is 2.92 bits per heavy atom. The summed E-state index contributed by atoms with van der Waals surface area (Å²) in [6.07, 6.45) is 0.115. The number of hydrogen-bond donors (Lipinski definition) is 3. The number of rotatable bonds is 2. The summed E-state index contributed by atoms with van der Waals surface area (Å²) in [5, 5.41) is 10.4. The van der Waals surface area contributed by atoms with Gasteiger partial charge in [0.15, 0.2) is 0 Å². The number of amides is 1. The number of carbonyl (C=O) groups is 1. The van der Waals surface area contributed by atoms with Gasteiger partial charge in [0.05, 0.1) is 6.42 Å². The molecule has 0 bridgehead atoms. The van der Waals surface area contributed by atoms with Crippen molar-refractivity contribution in [2.24, 2.45) is 0 Å². The van der Waals surface area contributed by atoms with Crippen LogP contribution in [0.1, 0.15) is 5.69 Å². The molecule has 0 radical (unpaired) electrons. The van der Waals surface area contributed by atoms with Crippen molar-refractivity contribution < 1.29 is 27.4 Å². The van der Waals surface area contributed by atoms with Crippen LogP contribution in [0, 0.1) is 0 Å². The minimum atomic E-state index is -0.459. The molecule has 0 aliphatic heterocycles. The van der Waals surface area contributed by atoms with Crippen LogP contribution in [0.5, 0.6) is 0 Å². The number of thiazole rings is 1. The van der Waals surface area contributed by atoms with E-state index in [0.29, 0.717) is 10.8 Å². The van der Waals surface area contributed by atoms with Gasteiger partial charge in [0.25, 0.3) is 5.91 Å². The Bertz CT molecular complexity index is 265. The minimum absolute atomic E-state index is 0. The predicted octanol–water partition coefficient (Wildman–Crippen LogP) is -3.80. The number of nitrogens with one attached hydrogen (secondary N) is 2. The summed E-state index contributed by atoms with van der Waals surface area (Å²) in [5.74, 6) is -0.459. The molecule has 0 fully saturated rings. The van der Waals surface area contributed by atoms with Gasteiger partial charge in [0.1, 0.15) is 5.69 Å². The third-order valence-corrected chi connectivity index (χ3v) is 1.85. The number of hydroxylamine groups is 1. The lowest BCUT2D eigenvalue weighted by Gasteiger charge is -1.90. The van der Waals surface area contributed by atoms with Crippen LogP contribution in [0.4, 0.5) is 5.13 Å². The van der Waals surface area contributed by atoms with Crippen molar-refractivity contribution in [3.8, 4) is 0 Å². The molecule has 0 spiro atoms. The summed E-state index contributed by atoms with van der Waals surface area (Å²) < 4.78 is 0. The van der Waals surface area contributed by atoms with Gasteiger partial charge in [-0.05, 0) is 0 Å². The number of hydrogen-bond acceptors (Lipinski definition) is 4. The van der Waals surface area contributed by atoms with Crippen LogP contribution in [0.2, 0.25) is 0 Å². The van der Waals surface area contributed by atoms with Gasteiger partial charge < -0.3 is 12.4 Å². The van der Waals surface area contributed by atoms with Crippen molar-refractivity contribution in [3.63, 3.8) is 0 Å². The standard InChI is InChI=1S/C5H7N3O2S.ClH/c6-5-7-3(2-11-5)1-4(9)8-10;/h2,10H,1H2,(H2,6,7)(H,8,9);1H. The van der Waals surface area contributed by atoms with Crippen LogP contribution in [0.3, 0.4) is 0 Å². The lowest BCUT2D eigenvalue weighted by atomic mass is 10.3. The molecule has 1 rings (SSSR count). The molecule has 5 nitrogen and oxygen atoms in total. The zero-order chi connectivity index (χ0) is 8.27. The third-order valence-electron chi connectivity index (χ3n) is 1.09. The Hall–Kier alpha value is -0.850. The second-order valence-corrected chi connectivity index (χ2v) is 2.87. The molecule has 0 saturated heterocycles. The van der Waals surface area contributed by atoms with Gasteiger partial charge in [-0.1, -0.05) is 11.3 Å². The zero-order valence-corrected chi connectivity index (χ0v) is 7.58. The molecule has 1 aromatic rings. The fourth-order valence-electron chi connectivity index (χ4n) is 0.650. The van der Waals surface area contributed by atoms with Crippen molar-refractivity contribution in [2.45, 2.75) is 6.42 Å². The molecule has 0 atom stereocenters. The van der Waals surface area contributed by atoms with E-state index in [0.717, 1.165) is 0 Å². The van der Waals surface area contributed by atoms with Gasteiger partial charge in [-0.25, -0.2) is 10.5 Å². The highest BCUT2D eigenvalue weighted by atomic mass is 35.5. The van der Waals surface area contributed by atoms with Crippen LogP contribution in [0.25, 0.3) is 0 Å². The molecule has 68 valence electrons. The normalized spacial score (nSPS) is 8.75. The smallest absolute Gasteiger partial charge is 0.329 e. The maximum Gasteiger partial charge on any atom is 0.329 e. The van der Waals surface area contributed by atoms with Gasteiger partial charge in [0.2, 0.25) is 0 Å². The van der Waals surface area contributed by atoms with Gasteiger partial charge >= 0.3 is 5.13 Å². The van der Waals surface area contributed by atoms with Crippen LogP contribution in [0.15, 0.2) is 5.38 Å². The molecule has 0 saturated carbocycles. The number of halogens is 1. The van der Waals surface area contributed by atoms with Gasteiger partial charge in [0, 0.05) is 5.38 Å². The van der Waals surface area contributed by atoms with Crippen molar-refractivity contribution in [2.75, 3.05) is 5.73 Å². The van der Waals surface area contributed by atoms with E-state index in [1.54, 1.807) is 5.38 Å². The molecule has 1 heterocycles. The van der Waals surface area contributed by atoms with E-state index >= 15 is 0 Å². The van der Waals surface area contributed by atoms with Crippen LogP contribution in [-0.2, 0) is 11.2 Å². The molecule has 12 heavy (non-hydrogen) atoms. The maximum atomic E-state index is 10.6. The van der Waals surface area contributed by atoms with E-state index in [4.69, 9.17) is 10.9 Å². The molecular formula is C5H8ClN3O2S. The van der Waals surface area contributed by atoms with Crippen molar-refractivity contribution in [1.82, 2.24) is 5.48 Å². The summed E-state index contributed by atoms with van der Waals surface area (Å²) in [6, 6.07) is 0. The van der Waals surface area contributed by atoms with Crippen molar-refractivity contribution in [3.05, 3.63) is 11.1 Å². The molecule has 0 unspecified atom stereocenters. The van der Waals surface area contributed by atoms with Crippen LogP contribution < -0.4 is 28.6 Å². The lowest BCUT2D eigenvalue weighted by Crippen LogP contribution is -3.00. The summed E-state index contributed by atoms with van der Waals surface area (Å²) in [4.78, 5) is 13.3. The molecule has 5 N–H and O–H groups in total. The Morgan fingerprint density at radius 1 is 1.83 bits per heavy atom.